The van der Waals surface area contributed by atoms with Crippen molar-refractivity contribution in [3.05, 3.63) is 0 Å². The predicted octanol–water partition coefficient (Wildman–Crippen LogP) is 0.424. The Morgan fingerprint density at radius 2 is 1.80 bits per heavy atom. The van der Waals surface area contributed by atoms with Crippen molar-refractivity contribution >= 4 is 17.7 Å². The summed E-state index contributed by atoms with van der Waals surface area (Å²) >= 11 is 0. The van der Waals surface area contributed by atoms with Crippen molar-refractivity contribution in [2.45, 2.75) is 40.0 Å². The lowest BCUT2D eigenvalue weighted by atomic mass is 9.91. The van der Waals surface area contributed by atoms with Gasteiger partial charge in [-0.15, -0.1) is 0 Å². The lowest BCUT2D eigenvalue weighted by Gasteiger charge is -2.28. The van der Waals surface area contributed by atoms with Crippen molar-refractivity contribution in [1.29, 1.82) is 0 Å². The van der Waals surface area contributed by atoms with Gasteiger partial charge in [-0.1, -0.05) is 13.3 Å². The number of nitrogens with two attached hydrogens (primary N) is 1. The SMILES string of the molecule is CCC1CC2C(=O)N(CC(C)(C)C(=O)NN)C(=O)C2C1. The zero-order valence-corrected chi connectivity index (χ0v) is 12.3. The van der Waals surface area contributed by atoms with E-state index in [9.17, 15) is 14.4 Å². The maximum absolute atomic E-state index is 12.4. The Morgan fingerprint density at radius 1 is 1.30 bits per heavy atom. The van der Waals surface area contributed by atoms with Crippen LogP contribution in [0.2, 0.25) is 0 Å². The second kappa shape index (κ2) is 5.16. The fraction of sp³-hybridized carbons (Fsp3) is 0.786. The standard InChI is InChI=1S/C14H23N3O3/c1-4-8-5-9-10(6-8)12(19)17(11(9)18)7-14(2,3)13(20)16-15/h8-10H,4-7,15H2,1-3H3,(H,16,20). The molecule has 0 radical (unpaired) electrons. The lowest BCUT2D eigenvalue weighted by Crippen LogP contribution is -2.49. The molecule has 2 atom stereocenters. The quantitative estimate of drug-likeness (QED) is 0.338. The molecule has 2 aliphatic rings. The number of fused-ring (bicyclic) bond motifs is 1. The topological polar surface area (TPSA) is 92.5 Å². The highest BCUT2D eigenvalue weighted by Crippen LogP contribution is 2.44. The third-order valence-electron chi connectivity index (χ3n) is 4.70. The monoisotopic (exact) mass is 281 g/mol. The number of rotatable bonds is 4. The van der Waals surface area contributed by atoms with Crippen LogP contribution in [0.1, 0.15) is 40.0 Å². The van der Waals surface area contributed by atoms with Gasteiger partial charge in [-0.2, -0.15) is 0 Å². The number of imide groups is 1. The van der Waals surface area contributed by atoms with Crippen LogP contribution in [-0.4, -0.2) is 29.2 Å². The van der Waals surface area contributed by atoms with E-state index in [0.29, 0.717) is 5.92 Å². The second-order valence-electron chi connectivity index (χ2n) is 6.58. The molecule has 2 fully saturated rings. The van der Waals surface area contributed by atoms with Gasteiger partial charge in [0.15, 0.2) is 0 Å². The van der Waals surface area contributed by atoms with Crippen LogP contribution >= 0.6 is 0 Å². The van der Waals surface area contributed by atoms with Crippen molar-refractivity contribution < 1.29 is 14.4 Å². The van der Waals surface area contributed by atoms with Crippen molar-refractivity contribution in [3.63, 3.8) is 0 Å². The number of likely N-dealkylation sites (tertiary alicyclic amines) is 1. The van der Waals surface area contributed by atoms with Crippen LogP contribution in [0, 0.1) is 23.2 Å². The summed E-state index contributed by atoms with van der Waals surface area (Å²) in [6.07, 6.45) is 2.60. The number of carbonyl (C=O) groups excluding carboxylic acids is 3. The average molecular weight is 281 g/mol. The molecule has 2 unspecified atom stereocenters. The Hall–Kier alpha value is -1.43. The molecular formula is C14H23N3O3. The van der Waals surface area contributed by atoms with E-state index in [0.717, 1.165) is 19.3 Å². The van der Waals surface area contributed by atoms with E-state index in [1.54, 1.807) is 13.8 Å². The molecule has 3 amide bonds. The van der Waals surface area contributed by atoms with E-state index in [2.05, 4.69) is 12.3 Å². The highest BCUT2D eigenvalue weighted by atomic mass is 16.2. The first-order chi connectivity index (χ1) is 9.31. The van der Waals surface area contributed by atoms with Crippen LogP contribution in [0.4, 0.5) is 0 Å². The molecule has 6 nitrogen and oxygen atoms in total. The molecule has 2 rings (SSSR count). The van der Waals surface area contributed by atoms with E-state index < -0.39 is 5.41 Å². The number of hydrogen-bond donors (Lipinski definition) is 2. The van der Waals surface area contributed by atoms with Crippen molar-refractivity contribution in [2.75, 3.05) is 6.54 Å². The Balaban J connectivity index is 2.11. The fourth-order valence-electron chi connectivity index (χ4n) is 3.35. The molecule has 6 heteroatoms. The molecule has 0 aromatic rings. The zero-order valence-electron chi connectivity index (χ0n) is 12.3. The summed E-state index contributed by atoms with van der Waals surface area (Å²) in [6, 6.07) is 0. The van der Waals surface area contributed by atoms with Crippen LogP contribution in [-0.2, 0) is 14.4 Å². The third kappa shape index (κ3) is 2.32. The van der Waals surface area contributed by atoms with Crippen molar-refractivity contribution in [2.24, 2.45) is 29.0 Å². The van der Waals surface area contributed by atoms with Gasteiger partial charge in [0.2, 0.25) is 17.7 Å². The molecule has 1 saturated heterocycles. The molecule has 0 spiro atoms. The molecule has 1 aliphatic carbocycles. The van der Waals surface area contributed by atoms with E-state index in [1.807, 2.05) is 0 Å². The van der Waals surface area contributed by atoms with Crippen LogP contribution in [0.25, 0.3) is 0 Å². The highest BCUT2D eigenvalue weighted by molar-refractivity contribution is 6.06. The smallest absolute Gasteiger partial charge is 0.241 e. The molecule has 1 heterocycles. The number of hydrazine groups is 1. The van der Waals surface area contributed by atoms with Gasteiger partial charge in [-0.3, -0.25) is 24.7 Å². The van der Waals surface area contributed by atoms with Gasteiger partial charge in [-0.05, 0) is 32.6 Å². The van der Waals surface area contributed by atoms with Crippen molar-refractivity contribution in [1.82, 2.24) is 10.3 Å². The van der Waals surface area contributed by atoms with E-state index in [4.69, 9.17) is 5.84 Å². The number of nitrogens with zero attached hydrogens (tertiary/aromatic N) is 1. The van der Waals surface area contributed by atoms with E-state index >= 15 is 0 Å². The fourth-order valence-corrected chi connectivity index (χ4v) is 3.35. The number of carbonyl (C=O) groups is 3. The molecule has 0 aromatic carbocycles. The maximum atomic E-state index is 12.4. The Morgan fingerprint density at radius 3 is 2.20 bits per heavy atom. The van der Waals surface area contributed by atoms with E-state index in [1.165, 1.54) is 4.90 Å². The summed E-state index contributed by atoms with van der Waals surface area (Å²) in [5, 5.41) is 0. The normalized spacial score (nSPS) is 29.8. The molecule has 112 valence electrons. The number of nitrogens with one attached hydrogen (secondary N) is 1. The summed E-state index contributed by atoms with van der Waals surface area (Å²) in [4.78, 5) is 37.7. The molecular weight excluding hydrogens is 258 g/mol. The summed E-state index contributed by atoms with van der Waals surface area (Å²) < 4.78 is 0. The summed E-state index contributed by atoms with van der Waals surface area (Å²) in [5.41, 5.74) is 1.22. The van der Waals surface area contributed by atoms with Gasteiger partial charge >= 0.3 is 0 Å². The first-order valence-corrected chi connectivity index (χ1v) is 7.18. The number of amides is 3. The summed E-state index contributed by atoms with van der Waals surface area (Å²) in [5.74, 6) is 4.65. The molecule has 1 aliphatic heterocycles. The molecule has 1 saturated carbocycles. The van der Waals surface area contributed by atoms with Gasteiger partial charge in [0.25, 0.3) is 0 Å². The largest absolute Gasteiger partial charge is 0.294 e. The van der Waals surface area contributed by atoms with Crippen LogP contribution in [0.5, 0.6) is 0 Å². The summed E-state index contributed by atoms with van der Waals surface area (Å²) in [7, 11) is 0. The molecule has 20 heavy (non-hydrogen) atoms. The van der Waals surface area contributed by atoms with Gasteiger partial charge < -0.3 is 0 Å². The molecule has 3 N–H and O–H groups in total. The first kappa shape index (κ1) is 15.0. The second-order valence-corrected chi connectivity index (χ2v) is 6.58. The van der Waals surface area contributed by atoms with Gasteiger partial charge in [0, 0.05) is 6.54 Å². The minimum atomic E-state index is -0.872. The predicted molar refractivity (Wildman–Crippen MR) is 72.8 cm³/mol. The first-order valence-electron chi connectivity index (χ1n) is 7.18. The van der Waals surface area contributed by atoms with Crippen LogP contribution < -0.4 is 11.3 Å². The van der Waals surface area contributed by atoms with Crippen molar-refractivity contribution in [3.8, 4) is 0 Å². The number of hydrogen-bond acceptors (Lipinski definition) is 4. The Kier molecular flexibility index (Phi) is 3.86. The highest BCUT2D eigenvalue weighted by Gasteiger charge is 2.53. The maximum Gasteiger partial charge on any atom is 0.241 e. The van der Waals surface area contributed by atoms with Gasteiger partial charge in [-0.25, -0.2) is 5.84 Å². The Labute approximate surface area is 119 Å². The van der Waals surface area contributed by atoms with Crippen LogP contribution in [0.3, 0.4) is 0 Å². The molecule has 0 bridgehead atoms. The van der Waals surface area contributed by atoms with Gasteiger partial charge in [0.1, 0.15) is 0 Å². The third-order valence-corrected chi connectivity index (χ3v) is 4.70. The Bertz CT molecular complexity index is 423. The molecule has 0 aromatic heterocycles. The summed E-state index contributed by atoms with van der Waals surface area (Å²) in [6.45, 7) is 5.54. The van der Waals surface area contributed by atoms with Gasteiger partial charge in [0.05, 0.1) is 17.3 Å². The zero-order chi connectivity index (χ0) is 15.1. The lowest BCUT2D eigenvalue weighted by molar-refractivity contribution is -0.144. The van der Waals surface area contributed by atoms with Crippen LogP contribution in [0.15, 0.2) is 0 Å². The minimum Gasteiger partial charge on any atom is -0.294 e. The minimum absolute atomic E-state index is 0.0947. The van der Waals surface area contributed by atoms with E-state index in [-0.39, 0.29) is 36.1 Å². The average Bonchev–Trinajstić information content (AvgIpc) is 2.93.